The molecule has 4 heterocycles. The first-order valence-electron chi connectivity index (χ1n) is 13.2. The number of hydrogen-bond donors (Lipinski definition) is 1. The molecule has 35 heavy (non-hydrogen) atoms. The molecule has 0 spiro atoms. The Hall–Kier alpha value is -2.52. The van der Waals surface area contributed by atoms with Crippen molar-refractivity contribution in [3.8, 4) is 11.4 Å². The van der Waals surface area contributed by atoms with Gasteiger partial charge in [0.1, 0.15) is 5.82 Å². The summed E-state index contributed by atoms with van der Waals surface area (Å²) in [6.07, 6.45) is 11.3. The molecule has 9 heteroatoms. The van der Waals surface area contributed by atoms with E-state index in [4.69, 9.17) is 9.26 Å². The van der Waals surface area contributed by atoms with E-state index in [-0.39, 0.29) is 12.3 Å². The van der Waals surface area contributed by atoms with Crippen molar-refractivity contribution >= 4 is 11.8 Å². The zero-order chi connectivity index (χ0) is 24.0. The molecule has 0 amide bonds. The van der Waals surface area contributed by atoms with Crippen LogP contribution in [0.2, 0.25) is 0 Å². The summed E-state index contributed by atoms with van der Waals surface area (Å²) in [5, 5.41) is 13.6. The topological polar surface area (TPSA) is 105 Å². The van der Waals surface area contributed by atoms with Crippen molar-refractivity contribution in [1.29, 1.82) is 0 Å². The van der Waals surface area contributed by atoms with Crippen molar-refractivity contribution < 1.29 is 19.2 Å². The minimum Gasteiger partial charge on any atom is -0.481 e. The predicted octanol–water partition coefficient (Wildman–Crippen LogP) is 3.96. The van der Waals surface area contributed by atoms with E-state index in [1.165, 1.54) is 32.1 Å². The van der Waals surface area contributed by atoms with Gasteiger partial charge in [-0.25, -0.2) is 4.98 Å². The number of anilines is 1. The molecule has 1 saturated carbocycles. The Balaban J connectivity index is 1.16. The lowest BCUT2D eigenvalue weighted by Gasteiger charge is -2.47. The SMILES string of the molecule is O=C(O)CC(CCCC1CCCCC1)c1nc(-c2ccc(N3CC(N4CCOCC4)C3)nc2)no1. The van der Waals surface area contributed by atoms with Gasteiger partial charge in [0, 0.05) is 49.9 Å². The molecule has 1 aliphatic carbocycles. The van der Waals surface area contributed by atoms with Crippen LogP contribution in [0.4, 0.5) is 5.82 Å². The number of carboxylic acid groups (broad SMARTS) is 1. The molecular formula is C26H37N5O4. The summed E-state index contributed by atoms with van der Waals surface area (Å²) in [7, 11) is 0. The maximum absolute atomic E-state index is 11.5. The van der Waals surface area contributed by atoms with Gasteiger partial charge in [-0.1, -0.05) is 50.1 Å². The average molecular weight is 484 g/mol. The molecule has 0 bridgehead atoms. The standard InChI is InChI=1S/C26H37N5O4/c32-24(33)15-20(8-4-7-19-5-2-1-3-6-19)26-28-25(29-35-26)21-9-10-23(27-16-21)31-17-22(18-31)30-11-13-34-14-12-30/h9-10,16,19-20,22H,1-8,11-15,17-18H2,(H,32,33). The van der Waals surface area contributed by atoms with Crippen LogP contribution in [0.15, 0.2) is 22.9 Å². The molecule has 9 nitrogen and oxygen atoms in total. The van der Waals surface area contributed by atoms with Gasteiger partial charge in [-0.3, -0.25) is 9.69 Å². The smallest absolute Gasteiger partial charge is 0.304 e. The van der Waals surface area contributed by atoms with Crippen molar-refractivity contribution in [2.75, 3.05) is 44.3 Å². The predicted molar refractivity (Wildman–Crippen MR) is 131 cm³/mol. The number of carboxylic acids is 1. The number of aromatic nitrogens is 3. The number of hydrogen-bond acceptors (Lipinski definition) is 8. The quantitative estimate of drug-likeness (QED) is 0.537. The van der Waals surface area contributed by atoms with Crippen LogP contribution in [0.3, 0.4) is 0 Å². The number of nitrogens with zero attached hydrogens (tertiary/aromatic N) is 5. The molecule has 3 fully saturated rings. The second-order valence-corrected chi connectivity index (χ2v) is 10.3. The summed E-state index contributed by atoms with van der Waals surface area (Å²) in [6, 6.07) is 4.54. The van der Waals surface area contributed by atoms with Gasteiger partial charge in [-0.05, 0) is 24.5 Å². The lowest BCUT2D eigenvalue weighted by atomic mass is 9.84. The van der Waals surface area contributed by atoms with E-state index in [0.717, 1.165) is 76.0 Å². The summed E-state index contributed by atoms with van der Waals surface area (Å²) >= 11 is 0. The average Bonchev–Trinajstić information content (AvgIpc) is 3.34. The van der Waals surface area contributed by atoms with Gasteiger partial charge in [-0.15, -0.1) is 0 Å². The summed E-state index contributed by atoms with van der Waals surface area (Å²) in [6.45, 7) is 5.63. The normalized spacial score (nSPS) is 21.1. The van der Waals surface area contributed by atoms with Crippen molar-refractivity contribution in [1.82, 2.24) is 20.0 Å². The third-order valence-electron chi connectivity index (χ3n) is 7.86. The summed E-state index contributed by atoms with van der Waals surface area (Å²) < 4.78 is 11.0. The monoisotopic (exact) mass is 483 g/mol. The number of rotatable bonds is 10. The van der Waals surface area contributed by atoms with E-state index in [1.54, 1.807) is 6.20 Å². The fraction of sp³-hybridized carbons (Fsp3) is 0.692. The molecule has 1 atom stereocenters. The van der Waals surface area contributed by atoms with Crippen LogP contribution in [-0.4, -0.2) is 76.5 Å². The lowest BCUT2D eigenvalue weighted by Crippen LogP contribution is -2.61. The zero-order valence-corrected chi connectivity index (χ0v) is 20.5. The fourth-order valence-corrected chi connectivity index (χ4v) is 5.69. The van der Waals surface area contributed by atoms with Gasteiger partial charge in [0.15, 0.2) is 0 Å². The molecular weight excluding hydrogens is 446 g/mol. The third kappa shape index (κ3) is 6.19. The van der Waals surface area contributed by atoms with Gasteiger partial charge in [-0.2, -0.15) is 4.98 Å². The summed E-state index contributed by atoms with van der Waals surface area (Å²) in [5.74, 6) is 1.55. The van der Waals surface area contributed by atoms with Gasteiger partial charge < -0.3 is 19.3 Å². The Kier molecular flexibility index (Phi) is 7.93. The minimum atomic E-state index is -0.830. The van der Waals surface area contributed by atoms with E-state index < -0.39 is 5.97 Å². The number of pyridine rings is 1. The molecule has 2 aromatic rings. The first-order chi connectivity index (χ1) is 17.2. The first-order valence-corrected chi connectivity index (χ1v) is 13.2. The van der Waals surface area contributed by atoms with Crippen molar-refractivity contribution in [2.45, 2.75) is 69.7 Å². The second kappa shape index (κ2) is 11.5. The highest BCUT2D eigenvalue weighted by Gasteiger charge is 2.33. The number of morpholine rings is 1. The molecule has 1 N–H and O–H groups in total. The van der Waals surface area contributed by atoms with E-state index in [0.29, 0.717) is 17.8 Å². The highest BCUT2D eigenvalue weighted by atomic mass is 16.5. The van der Waals surface area contributed by atoms with Gasteiger partial charge in [0.2, 0.25) is 11.7 Å². The van der Waals surface area contributed by atoms with E-state index in [9.17, 15) is 9.90 Å². The van der Waals surface area contributed by atoms with Gasteiger partial charge >= 0.3 is 5.97 Å². The van der Waals surface area contributed by atoms with Crippen LogP contribution < -0.4 is 4.90 Å². The minimum absolute atomic E-state index is 0.0166. The van der Waals surface area contributed by atoms with Crippen molar-refractivity contribution in [3.05, 3.63) is 24.2 Å². The lowest BCUT2D eigenvalue weighted by molar-refractivity contribution is -0.137. The Morgan fingerprint density at radius 2 is 1.94 bits per heavy atom. The van der Waals surface area contributed by atoms with E-state index in [2.05, 4.69) is 24.9 Å². The second-order valence-electron chi connectivity index (χ2n) is 10.3. The summed E-state index contributed by atoms with van der Waals surface area (Å²) in [4.78, 5) is 25.4. The molecule has 0 aromatic carbocycles. The van der Waals surface area contributed by atoms with Crippen LogP contribution in [0.5, 0.6) is 0 Å². The van der Waals surface area contributed by atoms with E-state index >= 15 is 0 Å². The van der Waals surface area contributed by atoms with Crippen LogP contribution in [0.1, 0.15) is 69.6 Å². The highest BCUT2D eigenvalue weighted by molar-refractivity contribution is 5.67. The Morgan fingerprint density at radius 1 is 1.14 bits per heavy atom. The Bertz CT molecular complexity index is 947. The molecule has 2 saturated heterocycles. The first kappa shape index (κ1) is 24.2. The molecule has 0 radical (unpaired) electrons. The van der Waals surface area contributed by atoms with Gasteiger partial charge in [0.05, 0.1) is 19.6 Å². The largest absolute Gasteiger partial charge is 0.481 e. The van der Waals surface area contributed by atoms with Gasteiger partial charge in [0.25, 0.3) is 0 Å². The Morgan fingerprint density at radius 3 is 2.66 bits per heavy atom. The third-order valence-corrected chi connectivity index (χ3v) is 7.86. The molecule has 3 aliphatic rings. The molecule has 5 rings (SSSR count). The molecule has 2 aliphatic heterocycles. The van der Waals surface area contributed by atoms with Crippen molar-refractivity contribution in [2.24, 2.45) is 5.92 Å². The highest BCUT2D eigenvalue weighted by Crippen LogP contribution is 2.32. The Labute approximate surface area is 206 Å². The van der Waals surface area contributed by atoms with Crippen LogP contribution in [-0.2, 0) is 9.53 Å². The van der Waals surface area contributed by atoms with Crippen LogP contribution in [0, 0.1) is 5.92 Å². The number of ether oxygens (including phenoxy) is 1. The maximum atomic E-state index is 11.5. The number of aliphatic carboxylic acids is 1. The van der Waals surface area contributed by atoms with Crippen molar-refractivity contribution in [3.63, 3.8) is 0 Å². The van der Waals surface area contributed by atoms with Crippen LogP contribution in [0.25, 0.3) is 11.4 Å². The maximum Gasteiger partial charge on any atom is 0.304 e. The zero-order valence-electron chi connectivity index (χ0n) is 20.5. The molecule has 1 unspecified atom stereocenters. The fourth-order valence-electron chi connectivity index (χ4n) is 5.69. The van der Waals surface area contributed by atoms with E-state index in [1.807, 2.05) is 12.1 Å². The molecule has 2 aromatic heterocycles. The number of carbonyl (C=O) groups is 1. The molecule has 190 valence electrons. The van der Waals surface area contributed by atoms with Crippen LogP contribution >= 0.6 is 0 Å². The summed E-state index contributed by atoms with van der Waals surface area (Å²) in [5.41, 5.74) is 0.783.